The lowest BCUT2D eigenvalue weighted by Gasteiger charge is -2.23. The highest BCUT2D eigenvalue weighted by Gasteiger charge is 2.49. The number of hydrogen-bond acceptors (Lipinski definition) is 5. The molecule has 1 saturated heterocycles. The topological polar surface area (TPSA) is 88.1 Å². The number of methoxy groups -OCH3 is 1. The van der Waals surface area contributed by atoms with Gasteiger partial charge in [0.15, 0.2) is 0 Å². The minimum Gasteiger partial charge on any atom is -0.497 e. The van der Waals surface area contributed by atoms with Gasteiger partial charge in [-0.1, -0.05) is 30.3 Å². The van der Waals surface area contributed by atoms with Crippen molar-refractivity contribution in [2.24, 2.45) is 0 Å². The lowest BCUT2D eigenvalue weighted by Crippen LogP contribution is -2.42. The summed E-state index contributed by atoms with van der Waals surface area (Å²) in [5.74, 6) is 0.940. The van der Waals surface area contributed by atoms with E-state index in [4.69, 9.17) is 9.47 Å². The average Bonchev–Trinajstić information content (AvgIpc) is 2.91. The summed E-state index contributed by atoms with van der Waals surface area (Å²) in [7, 11) is 1.56. The maximum atomic E-state index is 13.0. The first-order valence-corrected chi connectivity index (χ1v) is 9.42. The van der Waals surface area contributed by atoms with Crippen LogP contribution in [0.5, 0.6) is 11.5 Å². The molecule has 7 nitrogen and oxygen atoms in total. The molecular formula is C22H26N2O5. The van der Waals surface area contributed by atoms with Crippen molar-refractivity contribution in [2.75, 3.05) is 20.3 Å². The monoisotopic (exact) mass is 398 g/mol. The third kappa shape index (κ3) is 4.05. The number of imide groups is 1. The van der Waals surface area contributed by atoms with Gasteiger partial charge in [-0.3, -0.25) is 9.69 Å². The molecule has 3 rings (SSSR count). The van der Waals surface area contributed by atoms with Crippen molar-refractivity contribution < 1.29 is 24.2 Å². The smallest absolute Gasteiger partial charge is 0.325 e. The third-order valence-corrected chi connectivity index (χ3v) is 5.16. The zero-order valence-electron chi connectivity index (χ0n) is 17.1. The number of β-amino-alcohol motifs (C(OH)–C–C–N with tert-alkyl or cyclic N) is 1. The molecule has 2 atom stereocenters. The average molecular weight is 398 g/mol. The number of aliphatic hydroxyl groups excluding tert-OH is 1. The van der Waals surface area contributed by atoms with E-state index in [-0.39, 0.29) is 13.2 Å². The number of urea groups is 1. The SMILES string of the molecule is COc1ccc([C@]2(C)NC(=O)N(C[C@H](O)COc3c(C)cccc3C)C2=O)cc1. The first-order chi connectivity index (χ1) is 13.8. The van der Waals surface area contributed by atoms with E-state index >= 15 is 0 Å². The zero-order valence-corrected chi connectivity index (χ0v) is 17.1. The van der Waals surface area contributed by atoms with Crippen LogP contribution in [0.4, 0.5) is 4.79 Å². The third-order valence-electron chi connectivity index (χ3n) is 5.16. The fourth-order valence-corrected chi connectivity index (χ4v) is 3.45. The van der Waals surface area contributed by atoms with Crippen LogP contribution in [-0.2, 0) is 10.3 Å². The Morgan fingerprint density at radius 2 is 1.72 bits per heavy atom. The molecule has 0 saturated carbocycles. The molecule has 7 heteroatoms. The molecule has 154 valence electrons. The van der Waals surface area contributed by atoms with Gasteiger partial charge in [0.05, 0.1) is 13.7 Å². The van der Waals surface area contributed by atoms with E-state index in [0.29, 0.717) is 17.1 Å². The van der Waals surface area contributed by atoms with Crippen molar-refractivity contribution in [3.05, 3.63) is 59.2 Å². The summed E-state index contributed by atoms with van der Waals surface area (Å²) in [6, 6.07) is 12.2. The predicted octanol–water partition coefficient (Wildman–Crippen LogP) is 2.52. The molecule has 1 aliphatic heterocycles. The van der Waals surface area contributed by atoms with E-state index in [1.807, 2.05) is 32.0 Å². The van der Waals surface area contributed by atoms with Gasteiger partial charge in [0, 0.05) is 0 Å². The Morgan fingerprint density at radius 3 is 2.31 bits per heavy atom. The number of aliphatic hydroxyl groups is 1. The summed E-state index contributed by atoms with van der Waals surface area (Å²) in [6.45, 7) is 5.32. The number of carbonyl (C=O) groups is 2. The Morgan fingerprint density at radius 1 is 1.10 bits per heavy atom. The number of para-hydroxylation sites is 1. The highest BCUT2D eigenvalue weighted by Crippen LogP contribution is 2.30. The number of amides is 3. The highest BCUT2D eigenvalue weighted by molar-refractivity contribution is 6.07. The van der Waals surface area contributed by atoms with Gasteiger partial charge in [-0.15, -0.1) is 0 Å². The number of ether oxygens (including phenoxy) is 2. The second kappa shape index (κ2) is 8.13. The second-order valence-electron chi connectivity index (χ2n) is 7.39. The van der Waals surface area contributed by atoms with E-state index in [1.54, 1.807) is 38.3 Å². The van der Waals surface area contributed by atoms with E-state index < -0.39 is 23.6 Å². The van der Waals surface area contributed by atoms with Crippen molar-refractivity contribution in [2.45, 2.75) is 32.4 Å². The van der Waals surface area contributed by atoms with E-state index in [1.165, 1.54) is 0 Å². The summed E-state index contributed by atoms with van der Waals surface area (Å²) in [5.41, 5.74) is 1.36. The van der Waals surface area contributed by atoms with Gasteiger partial charge in [-0.25, -0.2) is 4.79 Å². The number of hydrogen-bond donors (Lipinski definition) is 2. The van der Waals surface area contributed by atoms with Crippen molar-refractivity contribution in [1.29, 1.82) is 0 Å². The van der Waals surface area contributed by atoms with Gasteiger partial charge in [-0.2, -0.15) is 0 Å². The Hall–Kier alpha value is -3.06. The lowest BCUT2D eigenvalue weighted by molar-refractivity contribution is -0.132. The Bertz CT molecular complexity index is 892. The zero-order chi connectivity index (χ0) is 21.2. The van der Waals surface area contributed by atoms with Gasteiger partial charge in [0.2, 0.25) is 0 Å². The lowest BCUT2D eigenvalue weighted by atomic mass is 9.92. The number of nitrogens with zero attached hydrogens (tertiary/aromatic N) is 1. The van der Waals surface area contributed by atoms with Crippen LogP contribution in [0, 0.1) is 13.8 Å². The number of rotatable bonds is 7. The number of carbonyl (C=O) groups excluding carboxylic acids is 2. The van der Waals surface area contributed by atoms with Gasteiger partial charge in [-0.05, 0) is 49.6 Å². The maximum Gasteiger partial charge on any atom is 0.325 e. The van der Waals surface area contributed by atoms with Crippen LogP contribution in [-0.4, -0.2) is 48.3 Å². The van der Waals surface area contributed by atoms with Crippen LogP contribution in [0.15, 0.2) is 42.5 Å². The van der Waals surface area contributed by atoms with Gasteiger partial charge in [0.25, 0.3) is 5.91 Å². The normalized spacial score (nSPS) is 19.8. The van der Waals surface area contributed by atoms with Crippen LogP contribution in [0.2, 0.25) is 0 Å². The molecule has 0 aromatic heterocycles. The Labute approximate surface area is 170 Å². The predicted molar refractivity (Wildman–Crippen MR) is 108 cm³/mol. The minimum atomic E-state index is -1.20. The highest BCUT2D eigenvalue weighted by atomic mass is 16.5. The molecule has 2 N–H and O–H groups in total. The molecular weight excluding hydrogens is 372 g/mol. The fraction of sp³-hybridized carbons (Fsp3) is 0.364. The largest absolute Gasteiger partial charge is 0.497 e. The van der Waals surface area contributed by atoms with Crippen molar-refractivity contribution in [3.8, 4) is 11.5 Å². The quantitative estimate of drug-likeness (QED) is 0.700. The summed E-state index contributed by atoms with van der Waals surface area (Å²) in [4.78, 5) is 26.4. The first kappa shape index (κ1) is 20.7. The number of benzene rings is 2. The fourth-order valence-electron chi connectivity index (χ4n) is 3.45. The molecule has 1 fully saturated rings. The number of aryl methyl sites for hydroxylation is 2. The molecule has 29 heavy (non-hydrogen) atoms. The molecule has 0 spiro atoms. The summed E-state index contributed by atoms with van der Waals surface area (Å²) < 4.78 is 10.9. The van der Waals surface area contributed by atoms with Crippen LogP contribution in [0.1, 0.15) is 23.6 Å². The summed E-state index contributed by atoms with van der Waals surface area (Å²) >= 11 is 0. The van der Waals surface area contributed by atoms with Crippen molar-refractivity contribution >= 4 is 11.9 Å². The Balaban J connectivity index is 1.67. The van der Waals surface area contributed by atoms with E-state index in [2.05, 4.69) is 5.32 Å². The molecule has 1 aliphatic rings. The van der Waals surface area contributed by atoms with Gasteiger partial charge >= 0.3 is 6.03 Å². The summed E-state index contributed by atoms with van der Waals surface area (Å²) in [5, 5.41) is 13.1. The Kier molecular flexibility index (Phi) is 5.79. The van der Waals surface area contributed by atoms with E-state index in [9.17, 15) is 14.7 Å². The second-order valence-corrected chi connectivity index (χ2v) is 7.39. The van der Waals surface area contributed by atoms with Gasteiger partial charge in [0.1, 0.15) is 29.7 Å². The molecule has 2 aromatic carbocycles. The van der Waals surface area contributed by atoms with Crippen LogP contribution < -0.4 is 14.8 Å². The standard InChI is InChI=1S/C22H26N2O5/c1-14-6-5-7-15(2)19(14)29-13-17(25)12-24-20(26)22(3,23-21(24)27)16-8-10-18(28-4)11-9-16/h5-11,17,25H,12-13H2,1-4H3,(H,23,27)/t17-,22-/m0/s1. The number of nitrogens with one attached hydrogen (secondary N) is 1. The first-order valence-electron chi connectivity index (χ1n) is 9.42. The van der Waals surface area contributed by atoms with Crippen molar-refractivity contribution in [1.82, 2.24) is 10.2 Å². The molecule has 1 heterocycles. The van der Waals surface area contributed by atoms with Crippen LogP contribution in [0.25, 0.3) is 0 Å². The maximum absolute atomic E-state index is 13.0. The molecule has 0 unspecified atom stereocenters. The molecule has 0 bridgehead atoms. The van der Waals surface area contributed by atoms with Gasteiger partial charge < -0.3 is 19.9 Å². The van der Waals surface area contributed by atoms with Crippen LogP contribution in [0.3, 0.4) is 0 Å². The minimum absolute atomic E-state index is 0.0258. The molecule has 0 aliphatic carbocycles. The van der Waals surface area contributed by atoms with Crippen LogP contribution >= 0.6 is 0 Å². The van der Waals surface area contributed by atoms with E-state index in [0.717, 1.165) is 16.0 Å². The van der Waals surface area contributed by atoms with Crippen molar-refractivity contribution in [3.63, 3.8) is 0 Å². The molecule has 0 radical (unpaired) electrons. The summed E-state index contributed by atoms with van der Waals surface area (Å²) in [6.07, 6.45) is -1.01. The molecule has 3 amide bonds. The molecule has 2 aromatic rings.